The number of rotatable bonds is 4. The van der Waals surface area contributed by atoms with Gasteiger partial charge in [0.1, 0.15) is 0 Å². The Bertz CT molecular complexity index is 544. The monoisotopic (exact) mass is 359 g/mol. The van der Waals surface area contributed by atoms with Gasteiger partial charge in [0.15, 0.2) is 0 Å². The predicted molar refractivity (Wildman–Crippen MR) is 91.0 cm³/mol. The van der Waals surface area contributed by atoms with Gasteiger partial charge in [0.05, 0.1) is 17.0 Å². The Hall–Kier alpha value is -1.47. The van der Waals surface area contributed by atoms with Crippen LogP contribution < -0.4 is 10.6 Å². The van der Waals surface area contributed by atoms with E-state index in [0.717, 1.165) is 17.7 Å². The largest absolute Gasteiger partial charge is 0.450 e. The maximum Gasteiger partial charge on any atom is 0.409 e. The van der Waals surface area contributed by atoms with Crippen molar-refractivity contribution in [2.75, 3.05) is 19.7 Å². The van der Waals surface area contributed by atoms with Crippen LogP contribution in [0.5, 0.6) is 0 Å². The van der Waals surface area contributed by atoms with E-state index in [0.29, 0.717) is 24.0 Å². The first-order chi connectivity index (χ1) is 11.0. The molecule has 1 aromatic rings. The molecule has 23 heavy (non-hydrogen) atoms. The molecule has 2 rings (SSSR count). The predicted octanol–water partition coefficient (Wildman–Crippen LogP) is 3.38. The van der Waals surface area contributed by atoms with Crippen LogP contribution in [0.25, 0.3) is 0 Å². The fourth-order valence-corrected chi connectivity index (χ4v) is 3.54. The van der Waals surface area contributed by atoms with Gasteiger partial charge in [-0.2, -0.15) is 0 Å². The zero-order valence-electron chi connectivity index (χ0n) is 13.3. The fraction of sp³-hybridized carbons (Fsp3) is 0.600. The molecule has 2 heterocycles. The van der Waals surface area contributed by atoms with Crippen LogP contribution in [0, 0.1) is 0 Å². The van der Waals surface area contributed by atoms with E-state index >= 15 is 0 Å². The molecule has 8 heteroatoms. The summed E-state index contributed by atoms with van der Waals surface area (Å²) in [7, 11) is 0. The topological polar surface area (TPSA) is 70.7 Å². The highest BCUT2D eigenvalue weighted by Gasteiger charge is 2.24. The molecular formula is C15H22ClN3O3S. The van der Waals surface area contributed by atoms with Gasteiger partial charge in [-0.3, -0.25) is 0 Å². The molecule has 1 fully saturated rings. The number of ether oxygens (including phenoxy) is 1. The zero-order valence-corrected chi connectivity index (χ0v) is 14.9. The third-order valence-corrected chi connectivity index (χ3v) is 5.14. The van der Waals surface area contributed by atoms with Crippen molar-refractivity contribution in [3.05, 3.63) is 21.3 Å². The average molecular weight is 360 g/mol. The van der Waals surface area contributed by atoms with Crippen molar-refractivity contribution in [1.29, 1.82) is 0 Å². The summed E-state index contributed by atoms with van der Waals surface area (Å²) in [5.41, 5.74) is 0. The number of likely N-dealkylation sites (tertiary alicyclic amines) is 1. The van der Waals surface area contributed by atoms with Crippen molar-refractivity contribution in [3.63, 3.8) is 0 Å². The summed E-state index contributed by atoms with van der Waals surface area (Å²) in [5, 5.41) is 5.87. The number of carbonyl (C=O) groups excluding carboxylic acids is 2. The third-order valence-electron chi connectivity index (χ3n) is 3.72. The van der Waals surface area contributed by atoms with Crippen molar-refractivity contribution in [1.82, 2.24) is 15.5 Å². The standard InChI is InChI=1S/C15H22ClN3O3S/c1-3-22-15(21)19-8-6-11(7-9-19)18-14(20)17-10(2)12-4-5-13(16)23-12/h4-5,10-11H,3,6-9H2,1-2H3,(H2,17,18,20). The Morgan fingerprint density at radius 3 is 2.70 bits per heavy atom. The van der Waals surface area contributed by atoms with Crippen molar-refractivity contribution in [3.8, 4) is 0 Å². The maximum atomic E-state index is 12.1. The zero-order chi connectivity index (χ0) is 16.8. The SMILES string of the molecule is CCOC(=O)N1CCC(NC(=O)NC(C)c2ccc(Cl)s2)CC1. The molecule has 1 unspecified atom stereocenters. The Labute approximate surface area is 145 Å². The summed E-state index contributed by atoms with van der Waals surface area (Å²) in [6.45, 7) is 5.29. The molecule has 1 atom stereocenters. The molecule has 0 saturated carbocycles. The average Bonchev–Trinajstić information content (AvgIpc) is 2.95. The van der Waals surface area contributed by atoms with Gasteiger partial charge in [0.25, 0.3) is 0 Å². The van der Waals surface area contributed by atoms with Crippen LogP contribution in [0.3, 0.4) is 0 Å². The quantitative estimate of drug-likeness (QED) is 0.865. The summed E-state index contributed by atoms with van der Waals surface area (Å²) < 4.78 is 5.69. The second-order valence-corrected chi connectivity index (χ2v) is 7.19. The molecule has 3 amide bonds. The molecule has 0 aliphatic carbocycles. The Kier molecular flexibility index (Phi) is 6.53. The third kappa shape index (κ3) is 5.28. The van der Waals surface area contributed by atoms with Gasteiger partial charge in [-0.15, -0.1) is 11.3 Å². The minimum absolute atomic E-state index is 0.0693. The van der Waals surface area contributed by atoms with Crippen LogP contribution >= 0.6 is 22.9 Å². The van der Waals surface area contributed by atoms with E-state index in [2.05, 4.69) is 10.6 Å². The summed E-state index contributed by atoms with van der Waals surface area (Å²) in [6, 6.07) is 3.52. The Morgan fingerprint density at radius 1 is 1.43 bits per heavy atom. The van der Waals surface area contributed by atoms with E-state index in [1.807, 2.05) is 19.1 Å². The molecule has 1 aliphatic heterocycles. The van der Waals surface area contributed by atoms with E-state index in [-0.39, 0.29) is 24.2 Å². The molecule has 6 nitrogen and oxygen atoms in total. The van der Waals surface area contributed by atoms with Gasteiger partial charge in [-0.25, -0.2) is 9.59 Å². The van der Waals surface area contributed by atoms with Crippen LogP contribution in [0.2, 0.25) is 4.34 Å². The highest BCUT2D eigenvalue weighted by Crippen LogP contribution is 2.26. The smallest absolute Gasteiger partial charge is 0.409 e. The number of hydrogen-bond acceptors (Lipinski definition) is 4. The minimum Gasteiger partial charge on any atom is -0.450 e. The van der Waals surface area contributed by atoms with Gasteiger partial charge in [-0.1, -0.05) is 11.6 Å². The molecule has 0 radical (unpaired) electrons. The molecule has 128 valence electrons. The number of urea groups is 1. The lowest BCUT2D eigenvalue weighted by Gasteiger charge is -2.31. The van der Waals surface area contributed by atoms with Crippen molar-refractivity contribution < 1.29 is 14.3 Å². The van der Waals surface area contributed by atoms with Crippen LogP contribution in [-0.2, 0) is 4.74 Å². The molecule has 0 aromatic carbocycles. The normalized spacial score (nSPS) is 16.7. The molecular weight excluding hydrogens is 338 g/mol. The number of hydrogen-bond donors (Lipinski definition) is 2. The van der Waals surface area contributed by atoms with Crippen LogP contribution in [0.4, 0.5) is 9.59 Å². The highest BCUT2D eigenvalue weighted by atomic mass is 35.5. The van der Waals surface area contributed by atoms with E-state index in [9.17, 15) is 9.59 Å². The van der Waals surface area contributed by atoms with Gasteiger partial charge in [0.2, 0.25) is 0 Å². The van der Waals surface area contributed by atoms with Crippen molar-refractivity contribution in [2.24, 2.45) is 0 Å². The van der Waals surface area contributed by atoms with Crippen LogP contribution in [-0.4, -0.2) is 42.8 Å². The number of thiophene rings is 1. The summed E-state index contributed by atoms with van der Waals surface area (Å²) >= 11 is 7.36. The number of piperidine rings is 1. The molecule has 0 spiro atoms. The van der Waals surface area contributed by atoms with E-state index in [1.165, 1.54) is 11.3 Å². The van der Waals surface area contributed by atoms with E-state index in [1.54, 1.807) is 11.8 Å². The van der Waals surface area contributed by atoms with E-state index < -0.39 is 0 Å². The van der Waals surface area contributed by atoms with Crippen molar-refractivity contribution in [2.45, 2.75) is 38.8 Å². The molecule has 1 saturated heterocycles. The molecule has 0 bridgehead atoms. The second-order valence-electron chi connectivity index (χ2n) is 5.44. The molecule has 1 aliphatic rings. The summed E-state index contributed by atoms with van der Waals surface area (Å²) in [6.07, 6.45) is 1.18. The van der Waals surface area contributed by atoms with Gasteiger partial charge < -0.3 is 20.3 Å². The number of nitrogens with one attached hydrogen (secondary N) is 2. The number of halogens is 1. The number of nitrogens with zero attached hydrogens (tertiary/aromatic N) is 1. The minimum atomic E-state index is -0.279. The lowest BCUT2D eigenvalue weighted by Crippen LogP contribution is -2.49. The summed E-state index contributed by atoms with van der Waals surface area (Å²) in [5.74, 6) is 0. The first-order valence-corrected chi connectivity index (χ1v) is 8.93. The summed E-state index contributed by atoms with van der Waals surface area (Å²) in [4.78, 5) is 26.4. The number of amides is 3. The Balaban J connectivity index is 1.73. The first kappa shape index (κ1) is 17.9. The lowest BCUT2D eigenvalue weighted by molar-refractivity contribution is 0.0957. The van der Waals surface area contributed by atoms with Gasteiger partial charge >= 0.3 is 12.1 Å². The molecule has 2 N–H and O–H groups in total. The van der Waals surface area contributed by atoms with Crippen LogP contribution in [0.1, 0.15) is 37.6 Å². The van der Waals surface area contributed by atoms with Gasteiger partial charge in [0, 0.05) is 24.0 Å². The fourth-order valence-electron chi connectivity index (χ4n) is 2.48. The van der Waals surface area contributed by atoms with E-state index in [4.69, 9.17) is 16.3 Å². The second kappa shape index (κ2) is 8.40. The maximum absolute atomic E-state index is 12.1. The number of carbonyl (C=O) groups is 2. The lowest BCUT2D eigenvalue weighted by atomic mass is 10.1. The van der Waals surface area contributed by atoms with Gasteiger partial charge in [-0.05, 0) is 38.8 Å². The van der Waals surface area contributed by atoms with Crippen molar-refractivity contribution >= 4 is 35.1 Å². The van der Waals surface area contributed by atoms with Crippen LogP contribution in [0.15, 0.2) is 12.1 Å². The highest BCUT2D eigenvalue weighted by molar-refractivity contribution is 7.16. The Morgan fingerprint density at radius 2 is 2.13 bits per heavy atom. The first-order valence-electron chi connectivity index (χ1n) is 7.73. The molecule has 1 aromatic heterocycles.